The first-order valence-corrected chi connectivity index (χ1v) is 9.61. The molecular weight excluding hydrogens is 344 g/mol. The van der Waals surface area contributed by atoms with E-state index in [0.717, 1.165) is 28.0 Å². The topological polar surface area (TPSA) is 42.3 Å². The number of hydrogen-bond donors (Lipinski definition) is 0. The second-order valence-corrected chi connectivity index (χ2v) is 7.45. The van der Waals surface area contributed by atoms with Gasteiger partial charge in [0.15, 0.2) is 5.78 Å². The van der Waals surface area contributed by atoms with E-state index in [0.29, 0.717) is 13.0 Å². The fraction of sp³-hybridized carbons (Fsp3) is 0.160. The normalized spacial score (nSPS) is 15.5. The van der Waals surface area contributed by atoms with Gasteiger partial charge in [-0.2, -0.15) is 0 Å². The smallest absolute Gasteiger partial charge is 0.166 e. The second-order valence-electron chi connectivity index (χ2n) is 7.45. The fourth-order valence-electron chi connectivity index (χ4n) is 4.13. The van der Waals surface area contributed by atoms with E-state index in [2.05, 4.69) is 23.2 Å². The number of allylic oxidation sites excluding steroid dienone is 1. The van der Waals surface area contributed by atoms with Gasteiger partial charge in [0.1, 0.15) is 0 Å². The Balaban J connectivity index is 1.45. The summed E-state index contributed by atoms with van der Waals surface area (Å²) in [7, 11) is 0. The molecule has 0 spiro atoms. The molecule has 0 N–H and O–H groups in total. The van der Waals surface area contributed by atoms with Crippen LogP contribution in [0, 0.1) is 0 Å². The molecule has 136 valence electrons. The van der Waals surface area contributed by atoms with E-state index in [1.165, 1.54) is 16.7 Å². The van der Waals surface area contributed by atoms with Crippen LogP contribution in [-0.4, -0.2) is 16.5 Å². The van der Waals surface area contributed by atoms with Crippen molar-refractivity contribution in [3.8, 4) is 0 Å². The average Bonchev–Trinajstić information content (AvgIpc) is 3.35. The lowest BCUT2D eigenvalue weighted by Crippen LogP contribution is -2.12. The molecule has 0 unspecified atom stereocenters. The van der Waals surface area contributed by atoms with Gasteiger partial charge in [0, 0.05) is 41.4 Å². The van der Waals surface area contributed by atoms with E-state index in [1.807, 2.05) is 49.4 Å². The summed E-state index contributed by atoms with van der Waals surface area (Å²) in [6, 6.07) is 18.4. The summed E-state index contributed by atoms with van der Waals surface area (Å²) >= 11 is 0. The Kier molecular flexibility index (Phi) is 4.01. The maximum Gasteiger partial charge on any atom is 0.166 e. The van der Waals surface area contributed by atoms with Gasteiger partial charge in [-0.05, 0) is 46.5 Å². The van der Waals surface area contributed by atoms with Gasteiger partial charge in [0.05, 0.1) is 12.3 Å². The lowest BCUT2D eigenvalue weighted by Gasteiger charge is -2.11. The number of aromatic nitrogens is 1. The zero-order chi connectivity index (χ0) is 19.1. The molecule has 1 aliphatic carbocycles. The summed E-state index contributed by atoms with van der Waals surface area (Å²) in [5, 5.41) is 0. The number of fused-ring (bicyclic) bond motifs is 2. The minimum atomic E-state index is -0.123. The number of nitrogens with zero attached hydrogens (tertiary/aromatic N) is 2. The van der Waals surface area contributed by atoms with E-state index >= 15 is 0 Å². The lowest BCUT2D eigenvalue weighted by molar-refractivity contribution is -0.116. The Bertz CT molecular complexity index is 1130. The maximum absolute atomic E-state index is 13.1. The largest absolute Gasteiger partial charge is 0.294 e. The number of benzene rings is 2. The lowest BCUT2D eigenvalue weighted by atomic mass is 9.91. The second kappa shape index (κ2) is 6.68. The summed E-state index contributed by atoms with van der Waals surface area (Å²) in [5.74, 6) is 0.0909. The van der Waals surface area contributed by atoms with Crippen LogP contribution in [0.1, 0.15) is 46.2 Å². The Hall–Kier alpha value is -3.33. The Morgan fingerprint density at radius 3 is 2.57 bits per heavy atom. The number of carbonyl (C=O) groups is 1. The van der Waals surface area contributed by atoms with Gasteiger partial charge < -0.3 is 0 Å². The number of carbonyl (C=O) groups excluding carboxylic acids is 1. The van der Waals surface area contributed by atoms with Crippen molar-refractivity contribution in [2.24, 2.45) is 4.99 Å². The van der Waals surface area contributed by atoms with Gasteiger partial charge in [-0.3, -0.25) is 14.8 Å². The Labute approximate surface area is 164 Å². The number of ketones is 1. The first-order valence-electron chi connectivity index (χ1n) is 9.61. The molecule has 2 aliphatic rings. The molecule has 1 aromatic heterocycles. The zero-order valence-corrected chi connectivity index (χ0v) is 15.7. The first kappa shape index (κ1) is 16.8. The number of aliphatic imine (C=N–C) groups is 1. The highest BCUT2D eigenvalue weighted by molar-refractivity contribution is 6.15. The molecular formula is C25H20N2O. The Morgan fingerprint density at radius 1 is 1.00 bits per heavy atom. The highest BCUT2D eigenvalue weighted by Crippen LogP contribution is 2.34. The third-order valence-corrected chi connectivity index (χ3v) is 5.70. The molecule has 1 aliphatic heterocycles. The molecule has 3 nitrogen and oxygen atoms in total. The zero-order valence-electron chi connectivity index (χ0n) is 15.7. The van der Waals surface area contributed by atoms with Crippen molar-refractivity contribution in [3.63, 3.8) is 0 Å². The van der Waals surface area contributed by atoms with Crippen LogP contribution in [0.4, 0.5) is 0 Å². The van der Waals surface area contributed by atoms with E-state index in [9.17, 15) is 4.79 Å². The van der Waals surface area contributed by atoms with Crippen molar-refractivity contribution >= 4 is 17.6 Å². The summed E-state index contributed by atoms with van der Waals surface area (Å²) < 4.78 is 0. The van der Waals surface area contributed by atoms with Gasteiger partial charge in [-0.1, -0.05) is 43.3 Å². The SMILES string of the molecule is C[C@H](C(=O)C1=Cc2cc3c(cc2C1)CN=C3c1ccncc1)c1ccccc1. The quantitative estimate of drug-likeness (QED) is 0.671. The summed E-state index contributed by atoms with van der Waals surface area (Å²) in [6.45, 7) is 2.69. The summed E-state index contributed by atoms with van der Waals surface area (Å²) in [5.41, 5.74) is 8.86. The molecule has 2 heterocycles. The molecule has 28 heavy (non-hydrogen) atoms. The van der Waals surface area contributed by atoms with Gasteiger partial charge in [-0.25, -0.2) is 0 Å². The minimum absolute atomic E-state index is 0.123. The Morgan fingerprint density at radius 2 is 1.79 bits per heavy atom. The summed E-state index contributed by atoms with van der Waals surface area (Å²) in [4.78, 5) is 21.9. The number of rotatable bonds is 4. The number of Topliss-reactive ketones (excluding diaryl/α,β-unsaturated/α-hetero) is 1. The van der Waals surface area contributed by atoms with Crippen LogP contribution in [0.3, 0.4) is 0 Å². The van der Waals surface area contributed by atoms with Crippen LogP contribution in [0.25, 0.3) is 6.08 Å². The van der Waals surface area contributed by atoms with Crippen LogP contribution >= 0.6 is 0 Å². The molecule has 0 bridgehead atoms. The van der Waals surface area contributed by atoms with Gasteiger partial charge >= 0.3 is 0 Å². The van der Waals surface area contributed by atoms with E-state index in [-0.39, 0.29) is 11.7 Å². The number of pyridine rings is 1. The standard InChI is InChI=1S/C25H20N2O/c1-16(17-5-3-2-4-6-17)25(28)21-11-19-13-22-15-27-24(18-7-9-26-10-8-18)23(22)14-20(19)12-21/h2-10,12-14,16H,11,15H2,1H3/t16-/m0/s1. The maximum atomic E-state index is 13.1. The van der Waals surface area contributed by atoms with Crippen molar-refractivity contribution in [2.75, 3.05) is 0 Å². The van der Waals surface area contributed by atoms with Crippen LogP contribution in [-0.2, 0) is 17.8 Å². The fourth-order valence-corrected chi connectivity index (χ4v) is 4.13. The molecule has 3 aromatic rings. The van der Waals surface area contributed by atoms with Crippen LogP contribution in [0.15, 0.2) is 77.6 Å². The van der Waals surface area contributed by atoms with E-state index < -0.39 is 0 Å². The molecule has 0 saturated carbocycles. The molecule has 0 saturated heterocycles. The van der Waals surface area contributed by atoms with Crippen LogP contribution in [0.2, 0.25) is 0 Å². The van der Waals surface area contributed by atoms with E-state index in [1.54, 1.807) is 12.4 Å². The van der Waals surface area contributed by atoms with E-state index in [4.69, 9.17) is 4.99 Å². The van der Waals surface area contributed by atoms with Crippen LogP contribution in [0.5, 0.6) is 0 Å². The van der Waals surface area contributed by atoms with Gasteiger partial charge in [0.2, 0.25) is 0 Å². The average molecular weight is 364 g/mol. The molecule has 5 rings (SSSR count). The minimum Gasteiger partial charge on any atom is -0.294 e. The third-order valence-electron chi connectivity index (χ3n) is 5.70. The van der Waals surface area contributed by atoms with Crippen molar-refractivity contribution in [1.29, 1.82) is 0 Å². The van der Waals surface area contributed by atoms with Gasteiger partial charge in [-0.15, -0.1) is 0 Å². The molecule has 0 amide bonds. The molecule has 0 radical (unpaired) electrons. The van der Waals surface area contributed by atoms with Crippen molar-refractivity contribution < 1.29 is 4.79 Å². The molecule has 1 atom stereocenters. The highest BCUT2D eigenvalue weighted by Gasteiger charge is 2.26. The molecule has 2 aromatic carbocycles. The van der Waals surface area contributed by atoms with Crippen molar-refractivity contribution in [1.82, 2.24) is 4.98 Å². The molecule has 3 heteroatoms. The predicted octanol–water partition coefficient (Wildman–Crippen LogP) is 4.74. The highest BCUT2D eigenvalue weighted by atomic mass is 16.1. The van der Waals surface area contributed by atoms with Gasteiger partial charge in [0.25, 0.3) is 0 Å². The van der Waals surface area contributed by atoms with Crippen molar-refractivity contribution in [3.05, 3.63) is 106 Å². The third kappa shape index (κ3) is 2.80. The summed E-state index contributed by atoms with van der Waals surface area (Å²) in [6.07, 6.45) is 6.37. The molecule has 0 fully saturated rings. The van der Waals surface area contributed by atoms with Crippen LogP contribution < -0.4 is 0 Å². The monoisotopic (exact) mass is 364 g/mol. The number of hydrogen-bond acceptors (Lipinski definition) is 3. The first-order chi connectivity index (χ1) is 13.7. The van der Waals surface area contributed by atoms with Crippen molar-refractivity contribution in [2.45, 2.75) is 25.8 Å². The predicted molar refractivity (Wildman–Crippen MR) is 112 cm³/mol.